The van der Waals surface area contributed by atoms with E-state index in [4.69, 9.17) is 38.9 Å². The molecule has 3 unspecified atom stereocenters. The lowest BCUT2D eigenvalue weighted by Crippen LogP contribution is -2.40. The maximum Gasteiger partial charge on any atom is 0.316 e. The van der Waals surface area contributed by atoms with E-state index < -0.39 is 12.1 Å². The average molecular weight is 697 g/mol. The molecule has 0 radical (unpaired) electrons. The molecule has 7 atom stereocenters. The lowest BCUT2D eigenvalue weighted by molar-refractivity contribution is -0.226. The van der Waals surface area contributed by atoms with Crippen LogP contribution in [0.4, 0.5) is 10.5 Å². The van der Waals surface area contributed by atoms with Crippen molar-refractivity contribution in [2.24, 2.45) is 11.7 Å². The van der Waals surface area contributed by atoms with Crippen LogP contribution in [0.2, 0.25) is 0 Å². The topological polar surface area (TPSA) is 157 Å². The van der Waals surface area contributed by atoms with Gasteiger partial charge >= 0.3 is 12.0 Å². The van der Waals surface area contributed by atoms with Crippen LogP contribution >= 0.6 is 0 Å². The second-order valence-electron chi connectivity index (χ2n) is 13.0. The molecule has 3 aliphatic rings. The number of aliphatic hydroxyl groups excluding tert-OH is 1. The van der Waals surface area contributed by atoms with Gasteiger partial charge < -0.3 is 49.3 Å². The number of amides is 2. The molecule has 3 fully saturated rings. The summed E-state index contributed by atoms with van der Waals surface area (Å²) in [4.78, 5) is 23.3. The molecular weight excluding hydrogens is 644 g/mol. The number of benzene rings is 2. The number of unbranched alkanes of at least 4 members (excludes halogenated alkanes) is 1. The van der Waals surface area contributed by atoms with E-state index in [0.717, 1.165) is 44.3 Å². The van der Waals surface area contributed by atoms with Crippen molar-refractivity contribution in [3.8, 4) is 11.5 Å². The van der Waals surface area contributed by atoms with E-state index in [0.29, 0.717) is 56.9 Å². The minimum atomic E-state index is -0.663. The van der Waals surface area contributed by atoms with Crippen molar-refractivity contribution < 1.29 is 47.9 Å². The molecule has 4 N–H and O–H groups in total. The Hall–Kier alpha value is -3.52. The Morgan fingerprint density at radius 1 is 0.920 bits per heavy atom. The van der Waals surface area contributed by atoms with Gasteiger partial charge in [-0.05, 0) is 94.2 Å². The van der Waals surface area contributed by atoms with Crippen molar-refractivity contribution >= 4 is 17.7 Å². The summed E-state index contributed by atoms with van der Waals surface area (Å²) in [5.74, 6) is 0.605. The zero-order valence-electron chi connectivity index (χ0n) is 28.7. The summed E-state index contributed by atoms with van der Waals surface area (Å²) in [7, 11) is 0. The summed E-state index contributed by atoms with van der Waals surface area (Å²) in [5, 5.41) is 13.7. The predicted octanol–water partition coefficient (Wildman–Crippen LogP) is 5.87. The largest absolute Gasteiger partial charge is 0.491 e. The number of carbonyl (C=O) groups excluding carboxylic acids is 2. The summed E-state index contributed by atoms with van der Waals surface area (Å²) >= 11 is 0. The van der Waals surface area contributed by atoms with Gasteiger partial charge in [0.25, 0.3) is 0 Å². The minimum absolute atomic E-state index is 0.196. The zero-order chi connectivity index (χ0) is 35.0. The first-order valence-electron chi connectivity index (χ1n) is 18.0. The van der Waals surface area contributed by atoms with Gasteiger partial charge in [-0.2, -0.15) is 0 Å². The number of esters is 1. The van der Waals surface area contributed by atoms with E-state index in [1.807, 2.05) is 42.5 Å². The molecule has 1 aliphatic carbocycles. The van der Waals surface area contributed by atoms with Crippen molar-refractivity contribution in [2.75, 3.05) is 31.7 Å². The van der Waals surface area contributed by atoms with Crippen molar-refractivity contribution in [3.05, 3.63) is 66.7 Å². The quantitative estimate of drug-likeness (QED) is 0.0746. The van der Waals surface area contributed by atoms with Crippen LogP contribution in [0, 0.1) is 5.92 Å². The Morgan fingerprint density at radius 2 is 1.66 bits per heavy atom. The van der Waals surface area contributed by atoms with Crippen molar-refractivity contribution in [1.82, 2.24) is 0 Å². The van der Waals surface area contributed by atoms with Crippen LogP contribution in [0.1, 0.15) is 70.6 Å². The third-order valence-corrected chi connectivity index (χ3v) is 9.04. The summed E-state index contributed by atoms with van der Waals surface area (Å²) in [6, 6.07) is 15.4. The van der Waals surface area contributed by atoms with Gasteiger partial charge in [-0.15, -0.1) is 0 Å². The number of anilines is 1. The van der Waals surface area contributed by atoms with E-state index in [1.54, 1.807) is 24.3 Å². The first-order chi connectivity index (χ1) is 24.4. The summed E-state index contributed by atoms with van der Waals surface area (Å²) in [6.45, 7) is 1.88. The molecule has 0 spiro atoms. The third-order valence-electron chi connectivity index (χ3n) is 9.04. The number of nitrogens with one attached hydrogen (secondary N) is 1. The molecule has 50 heavy (non-hydrogen) atoms. The van der Waals surface area contributed by atoms with E-state index in [-0.39, 0.29) is 55.8 Å². The smallest absolute Gasteiger partial charge is 0.316 e. The Labute approximate surface area is 294 Å². The van der Waals surface area contributed by atoms with E-state index in [2.05, 4.69) is 5.32 Å². The molecule has 2 aromatic rings. The van der Waals surface area contributed by atoms with Crippen LogP contribution in [0.15, 0.2) is 66.7 Å². The molecule has 1 saturated carbocycles. The van der Waals surface area contributed by atoms with Gasteiger partial charge in [0.1, 0.15) is 24.2 Å². The Kier molecular flexibility index (Phi) is 15.4. The van der Waals surface area contributed by atoms with Gasteiger partial charge in [-0.3, -0.25) is 4.79 Å². The highest BCUT2D eigenvalue weighted by Gasteiger charge is 2.45. The van der Waals surface area contributed by atoms with Crippen LogP contribution in [-0.2, 0) is 28.5 Å². The first kappa shape index (κ1) is 37.7. The van der Waals surface area contributed by atoms with Gasteiger partial charge in [-0.1, -0.05) is 30.4 Å². The lowest BCUT2D eigenvalue weighted by Gasteiger charge is -2.32. The number of hydrogen-bond donors (Lipinski definition) is 3. The van der Waals surface area contributed by atoms with E-state index in [9.17, 15) is 14.7 Å². The average Bonchev–Trinajstić information content (AvgIpc) is 3.42. The molecule has 12 heteroatoms. The molecule has 2 heterocycles. The second-order valence-corrected chi connectivity index (χ2v) is 13.0. The Bertz CT molecular complexity index is 1310. The van der Waals surface area contributed by atoms with Crippen LogP contribution in [-0.4, -0.2) is 80.5 Å². The van der Waals surface area contributed by atoms with E-state index in [1.165, 1.54) is 0 Å². The lowest BCUT2D eigenvalue weighted by atomic mass is 9.98. The molecule has 2 aliphatic heterocycles. The number of urea groups is 1. The molecule has 2 amide bonds. The van der Waals surface area contributed by atoms with Gasteiger partial charge in [0.2, 0.25) is 0 Å². The number of carbonyl (C=O) groups is 2. The minimum Gasteiger partial charge on any atom is -0.491 e. The van der Waals surface area contributed by atoms with Crippen molar-refractivity contribution in [1.29, 1.82) is 0 Å². The molecule has 0 bridgehead atoms. The maximum absolute atomic E-state index is 12.3. The van der Waals surface area contributed by atoms with Gasteiger partial charge in [0.05, 0.1) is 24.9 Å². The number of nitrogens with two attached hydrogens (primary N) is 1. The summed E-state index contributed by atoms with van der Waals surface area (Å²) in [6.07, 6.45) is 10.1. The number of primary amides is 1. The van der Waals surface area contributed by atoms with Gasteiger partial charge in [0, 0.05) is 37.7 Å². The molecule has 5 rings (SSSR count). The fourth-order valence-corrected chi connectivity index (χ4v) is 6.46. The number of aliphatic hydroxyl groups is 1. The maximum atomic E-state index is 12.3. The van der Waals surface area contributed by atoms with Crippen molar-refractivity contribution in [2.45, 2.75) is 108 Å². The SMILES string of the molecule is NC(=O)Nc1ccc(OC(=O)CCC/C=C\C[C@@H]2[C@@H](OCC(COc3ccccc3)OC3CCCCO3)[C@H](OC3CCCCO3)C[C@@H]2O)cc1. The highest BCUT2D eigenvalue weighted by molar-refractivity contribution is 5.87. The molecular formula is C38H52N2O10. The summed E-state index contributed by atoms with van der Waals surface area (Å²) < 4.78 is 42.6. The highest BCUT2D eigenvalue weighted by Crippen LogP contribution is 2.36. The van der Waals surface area contributed by atoms with E-state index >= 15 is 0 Å². The fourth-order valence-electron chi connectivity index (χ4n) is 6.46. The molecule has 274 valence electrons. The second kappa shape index (κ2) is 20.4. The summed E-state index contributed by atoms with van der Waals surface area (Å²) in [5.41, 5.74) is 5.64. The highest BCUT2D eigenvalue weighted by atomic mass is 16.7. The Morgan fingerprint density at radius 3 is 2.36 bits per heavy atom. The van der Waals surface area contributed by atoms with Crippen LogP contribution in [0.25, 0.3) is 0 Å². The van der Waals surface area contributed by atoms with Crippen molar-refractivity contribution in [3.63, 3.8) is 0 Å². The van der Waals surface area contributed by atoms with Crippen LogP contribution in [0.3, 0.4) is 0 Å². The molecule has 2 aromatic carbocycles. The van der Waals surface area contributed by atoms with Crippen LogP contribution < -0.4 is 20.5 Å². The first-order valence-corrected chi connectivity index (χ1v) is 18.0. The zero-order valence-corrected chi connectivity index (χ0v) is 28.7. The Balaban J connectivity index is 1.14. The van der Waals surface area contributed by atoms with Crippen LogP contribution in [0.5, 0.6) is 11.5 Å². The fraction of sp³-hybridized carbons (Fsp3) is 0.579. The predicted molar refractivity (Wildman–Crippen MR) is 186 cm³/mol. The number of allylic oxidation sites excluding steroid dienone is 2. The monoisotopic (exact) mass is 696 g/mol. The normalized spacial score (nSPS) is 26.0. The molecule has 12 nitrogen and oxygen atoms in total. The third kappa shape index (κ3) is 12.7. The number of rotatable bonds is 18. The number of para-hydroxylation sites is 1. The van der Waals surface area contributed by atoms with Gasteiger partial charge in [0.15, 0.2) is 12.6 Å². The molecule has 0 aromatic heterocycles. The number of hydrogen-bond acceptors (Lipinski definition) is 10. The molecule has 2 saturated heterocycles. The standard InChI is InChI=1S/C38H52N2O10/c39-38(43)40-27-18-20-29(21-19-27)48-34(42)15-7-2-1-6-14-31-32(41)24-33(50-36-17-9-11-23-45-36)37(31)47-26-30(49-35-16-8-10-22-44-35)25-46-28-12-4-3-5-13-28/h1,3-6,12-13,18-21,30-33,35-37,41H,2,7-11,14-17,22-26H2,(H3,39,40,43)/b6-1-/t30?,31-,32-,33+,35?,36?,37+/m0/s1. The number of ether oxygens (including phenoxy) is 7. The van der Waals surface area contributed by atoms with Gasteiger partial charge in [-0.25, -0.2) is 4.79 Å².